The molecule has 0 fully saturated rings. The molecule has 0 saturated heterocycles. The summed E-state index contributed by atoms with van der Waals surface area (Å²) in [6.45, 7) is 9.12. The van der Waals surface area contributed by atoms with Crippen LogP contribution < -0.4 is 5.32 Å². The molecule has 15 heavy (non-hydrogen) atoms. The van der Waals surface area contributed by atoms with Crippen molar-refractivity contribution in [3.63, 3.8) is 0 Å². The molecule has 0 atom stereocenters. The lowest BCUT2D eigenvalue weighted by molar-refractivity contribution is -0.115. The van der Waals surface area contributed by atoms with E-state index < -0.39 is 0 Å². The summed E-state index contributed by atoms with van der Waals surface area (Å²) < 4.78 is 0. The summed E-state index contributed by atoms with van der Waals surface area (Å²) in [5.74, 6) is -0.01000. The minimum atomic E-state index is -0.01000. The highest BCUT2D eigenvalue weighted by Gasteiger charge is 2.07. The lowest BCUT2D eigenvalue weighted by Gasteiger charge is -2.07. The molecule has 0 aliphatic heterocycles. The second kappa shape index (κ2) is 5.15. The van der Waals surface area contributed by atoms with Crippen LogP contribution >= 0.6 is 0 Å². The topological polar surface area (TPSA) is 29.1 Å². The Morgan fingerprint density at radius 1 is 1.27 bits per heavy atom. The van der Waals surface area contributed by atoms with Gasteiger partial charge < -0.3 is 5.32 Å². The zero-order valence-electron chi connectivity index (χ0n) is 8.92. The molecule has 1 aromatic carbocycles. The number of carbonyl (C=O) groups excluding carboxylic acids is 1. The fourth-order valence-electron chi connectivity index (χ4n) is 1.22. The summed E-state index contributed by atoms with van der Waals surface area (Å²) >= 11 is 0. The summed E-state index contributed by atoms with van der Waals surface area (Å²) in [7, 11) is 0. The predicted molar refractivity (Wildman–Crippen MR) is 62.2 cm³/mol. The average Bonchev–Trinajstić information content (AvgIpc) is 2.18. The second-order valence-corrected chi connectivity index (χ2v) is 3.47. The first kappa shape index (κ1) is 11.2. The summed E-state index contributed by atoms with van der Waals surface area (Å²) in [4.78, 5) is 11.6. The van der Waals surface area contributed by atoms with E-state index in [1.807, 2.05) is 30.3 Å². The van der Waals surface area contributed by atoms with Crippen LogP contribution in [0, 0.1) is 0 Å². The third kappa shape index (κ3) is 3.81. The molecule has 0 amide bonds. The molecule has 1 rings (SSSR count). The molecule has 78 valence electrons. The number of benzene rings is 1. The molecule has 0 saturated carbocycles. The van der Waals surface area contributed by atoms with Crippen molar-refractivity contribution in [1.82, 2.24) is 5.32 Å². The number of rotatable bonds is 5. The lowest BCUT2D eigenvalue weighted by Crippen LogP contribution is -2.18. The normalized spacial score (nSPS) is 9.40. The molecule has 2 heteroatoms. The minimum absolute atomic E-state index is 0.01000. The largest absolute Gasteiger partial charge is 0.357 e. The van der Waals surface area contributed by atoms with Crippen molar-refractivity contribution in [2.24, 2.45) is 0 Å². The molecule has 0 radical (unpaired) electrons. The summed E-state index contributed by atoms with van der Waals surface area (Å²) in [6.07, 6.45) is 0.375. The predicted octanol–water partition coefficient (Wildman–Crippen LogP) is 2.44. The van der Waals surface area contributed by atoms with Gasteiger partial charge in [-0.05, 0) is 12.5 Å². The van der Waals surface area contributed by atoms with Crippen molar-refractivity contribution < 1.29 is 4.79 Å². The van der Waals surface area contributed by atoms with Crippen LogP contribution in [0.15, 0.2) is 54.9 Å². The smallest absolute Gasteiger partial charge is 0.182 e. The van der Waals surface area contributed by atoms with Gasteiger partial charge >= 0.3 is 0 Å². The van der Waals surface area contributed by atoms with Crippen LogP contribution in [-0.2, 0) is 11.2 Å². The first-order valence-electron chi connectivity index (χ1n) is 4.78. The van der Waals surface area contributed by atoms with Gasteiger partial charge in [-0.3, -0.25) is 4.79 Å². The van der Waals surface area contributed by atoms with Crippen molar-refractivity contribution >= 4 is 5.78 Å². The molecule has 1 N–H and O–H groups in total. The summed E-state index contributed by atoms with van der Waals surface area (Å²) in [6, 6.07) is 9.60. The summed E-state index contributed by atoms with van der Waals surface area (Å²) in [5.41, 5.74) is 2.11. The molecule has 0 aliphatic rings. The van der Waals surface area contributed by atoms with Gasteiger partial charge in [0.1, 0.15) is 0 Å². The number of hydrogen-bond donors (Lipinski definition) is 1. The number of carbonyl (C=O) groups is 1. The molecule has 0 unspecified atom stereocenters. The number of nitrogens with one attached hydrogen (secondary N) is 1. The van der Waals surface area contributed by atoms with Gasteiger partial charge in [0, 0.05) is 12.1 Å². The van der Waals surface area contributed by atoms with E-state index in [0.29, 0.717) is 12.1 Å². The van der Waals surface area contributed by atoms with Gasteiger partial charge in [0.05, 0.1) is 5.70 Å². The zero-order chi connectivity index (χ0) is 11.3. The first-order chi connectivity index (χ1) is 7.09. The van der Waals surface area contributed by atoms with Crippen molar-refractivity contribution in [3.8, 4) is 0 Å². The minimum Gasteiger partial charge on any atom is -0.357 e. The first-order valence-corrected chi connectivity index (χ1v) is 4.78. The van der Waals surface area contributed by atoms with Crippen LogP contribution in [0.1, 0.15) is 12.5 Å². The zero-order valence-corrected chi connectivity index (χ0v) is 8.92. The number of hydrogen-bond acceptors (Lipinski definition) is 2. The molecule has 0 aliphatic carbocycles. The van der Waals surface area contributed by atoms with E-state index in [0.717, 1.165) is 11.3 Å². The van der Waals surface area contributed by atoms with Crippen molar-refractivity contribution in [2.75, 3.05) is 0 Å². The second-order valence-electron chi connectivity index (χ2n) is 3.47. The Morgan fingerprint density at radius 3 is 2.40 bits per heavy atom. The van der Waals surface area contributed by atoms with Crippen molar-refractivity contribution in [1.29, 1.82) is 0 Å². The van der Waals surface area contributed by atoms with E-state index in [1.54, 1.807) is 6.92 Å². The summed E-state index contributed by atoms with van der Waals surface area (Å²) in [5, 5.41) is 2.82. The van der Waals surface area contributed by atoms with E-state index in [4.69, 9.17) is 0 Å². The van der Waals surface area contributed by atoms with Gasteiger partial charge in [-0.15, -0.1) is 0 Å². The standard InChI is InChI=1S/C13H15NO/c1-10(2)14-11(3)13(15)9-12-7-5-4-6-8-12/h4-8,14H,1,3,9H2,2H3. The highest BCUT2D eigenvalue weighted by atomic mass is 16.1. The molecule has 2 nitrogen and oxygen atoms in total. The van der Waals surface area contributed by atoms with Gasteiger partial charge in [0.2, 0.25) is 0 Å². The highest BCUT2D eigenvalue weighted by Crippen LogP contribution is 2.03. The van der Waals surface area contributed by atoms with Crippen LogP contribution in [-0.4, -0.2) is 5.78 Å². The molecule has 0 aromatic heterocycles. The Kier molecular flexibility index (Phi) is 3.86. The Morgan fingerprint density at radius 2 is 1.87 bits per heavy atom. The molecular formula is C13H15NO. The van der Waals surface area contributed by atoms with Gasteiger partial charge in [0.15, 0.2) is 5.78 Å². The van der Waals surface area contributed by atoms with Gasteiger partial charge in [-0.2, -0.15) is 0 Å². The third-order valence-electron chi connectivity index (χ3n) is 1.91. The molecule has 0 bridgehead atoms. The monoisotopic (exact) mass is 201 g/mol. The number of allylic oxidation sites excluding steroid dienone is 2. The van der Waals surface area contributed by atoms with E-state index >= 15 is 0 Å². The van der Waals surface area contributed by atoms with E-state index in [9.17, 15) is 4.79 Å². The van der Waals surface area contributed by atoms with Crippen LogP contribution in [0.25, 0.3) is 0 Å². The molecule has 0 heterocycles. The van der Waals surface area contributed by atoms with Crippen molar-refractivity contribution in [3.05, 3.63) is 60.4 Å². The molecule has 1 aromatic rings. The van der Waals surface area contributed by atoms with Crippen LogP contribution in [0.5, 0.6) is 0 Å². The fraction of sp³-hybridized carbons (Fsp3) is 0.154. The maximum absolute atomic E-state index is 11.6. The lowest BCUT2D eigenvalue weighted by atomic mass is 10.1. The van der Waals surface area contributed by atoms with E-state index in [1.165, 1.54) is 0 Å². The van der Waals surface area contributed by atoms with Crippen LogP contribution in [0.2, 0.25) is 0 Å². The van der Waals surface area contributed by atoms with E-state index in [-0.39, 0.29) is 5.78 Å². The van der Waals surface area contributed by atoms with E-state index in [2.05, 4.69) is 18.5 Å². The maximum Gasteiger partial charge on any atom is 0.182 e. The van der Waals surface area contributed by atoms with Gasteiger partial charge in [-0.1, -0.05) is 43.5 Å². The van der Waals surface area contributed by atoms with Gasteiger partial charge in [0.25, 0.3) is 0 Å². The molecule has 0 spiro atoms. The number of Topliss-reactive ketones (excluding diaryl/α,β-unsaturated/α-hetero) is 1. The van der Waals surface area contributed by atoms with Gasteiger partial charge in [-0.25, -0.2) is 0 Å². The number of ketones is 1. The Hall–Kier alpha value is -1.83. The Labute approximate surface area is 90.3 Å². The fourth-order valence-corrected chi connectivity index (χ4v) is 1.22. The Bertz CT molecular complexity index is 379. The average molecular weight is 201 g/mol. The third-order valence-corrected chi connectivity index (χ3v) is 1.91. The van der Waals surface area contributed by atoms with Crippen LogP contribution in [0.3, 0.4) is 0 Å². The van der Waals surface area contributed by atoms with Crippen molar-refractivity contribution in [2.45, 2.75) is 13.3 Å². The highest BCUT2D eigenvalue weighted by molar-refractivity contribution is 5.95. The Balaban J connectivity index is 2.56. The molecular weight excluding hydrogens is 186 g/mol. The van der Waals surface area contributed by atoms with Crippen LogP contribution in [0.4, 0.5) is 0 Å². The SMILES string of the molecule is C=C(C)NC(=C)C(=O)Cc1ccccc1. The maximum atomic E-state index is 11.6. The quantitative estimate of drug-likeness (QED) is 0.741.